The van der Waals surface area contributed by atoms with Gasteiger partial charge in [-0.1, -0.05) is 32.0 Å². The Kier molecular flexibility index (Phi) is 7.75. The summed E-state index contributed by atoms with van der Waals surface area (Å²) in [5.41, 5.74) is 1.90. The van der Waals surface area contributed by atoms with Crippen molar-refractivity contribution < 1.29 is 19.1 Å². The normalized spacial score (nSPS) is 10.4. The molecule has 0 heterocycles. The van der Waals surface area contributed by atoms with E-state index in [1.807, 2.05) is 32.0 Å². The number of anilines is 1. The van der Waals surface area contributed by atoms with Crippen molar-refractivity contribution in [3.8, 4) is 5.75 Å². The molecule has 0 aliphatic carbocycles. The first-order valence-corrected chi connectivity index (χ1v) is 9.39. The van der Waals surface area contributed by atoms with Crippen LogP contribution in [0.25, 0.3) is 0 Å². The number of amides is 2. The molecule has 148 valence electrons. The van der Waals surface area contributed by atoms with Crippen LogP contribution in [0, 0.1) is 5.92 Å². The summed E-state index contributed by atoms with van der Waals surface area (Å²) < 4.78 is 5.01. The average molecular weight is 382 g/mol. The molecule has 2 rings (SSSR count). The number of nitrogens with one attached hydrogen (secondary N) is 2. The molecule has 2 aromatic carbocycles. The van der Waals surface area contributed by atoms with Crippen molar-refractivity contribution in [2.24, 2.45) is 5.92 Å². The number of carbonyl (C=O) groups is 3. The lowest BCUT2D eigenvalue weighted by molar-refractivity contribution is -0.132. The zero-order valence-corrected chi connectivity index (χ0v) is 16.5. The van der Waals surface area contributed by atoms with Crippen molar-refractivity contribution in [3.63, 3.8) is 0 Å². The third-order valence-electron chi connectivity index (χ3n) is 4.37. The van der Waals surface area contributed by atoms with Crippen LogP contribution in [-0.4, -0.2) is 17.8 Å². The van der Waals surface area contributed by atoms with Crippen molar-refractivity contribution >= 4 is 23.5 Å². The van der Waals surface area contributed by atoms with E-state index >= 15 is 0 Å². The predicted octanol–water partition coefficient (Wildman–Crippen LogP) is 3.92. The Balaban J connectivity index is 2.01. The summed E-state index contributed by atoms with van der Waals surface area (Å²) in [7, 11) is 0. The fourth-order valence-corrected chi connectivity index (χ4v) is 2.82. The fourth-order valence-electron chi connectivity index (χ4n) is 2.82. The first kappa shape index (κ1) is 21.2. The highest BCUT2D eigenvalue weighted by Gasteiger charge is 2.13. The standard InChI is InChI=1S/C22H26N2O4/c1-4-17(5-2)21(26)23-14-16-8-6-10-19(12-16)24-22(27)18-9-7-11-20(13-18)28-15(3)25/h6-13,17H,4-5,14H2,1-3H3,(H,23,26)(H,24,27). The Morgan fingerprint density at radius 3 is 2.39 bits per heavy atom. The van der Waals surface area contributed by atoms with E-state index in [1.54, 1.807) is 24.3 Å². The quantitative estimate of drug-likeness (QED) is 0.535. The van der Waals surface area contributed by atoms with Gasteiger partial charge in [-0.05, 0) is 48.7 Å². The molecule has 0 spiro atoms. The van der Waals surface area contributed by atoms with Crippen molar-refractivity contribution in [1.29, 1.82) is 0 Å². The third-order valence-corrected chi connectivity index (χ3v) is 4.37. The molecule has 2 aromatic rings. The number of hydrogen-bond donors (Lipinski definition) is 2. The number of esters is 1. The average Bonchev–Trinajstić information content (AvgIpc) is 2.67. The number of rotatable bonds is 8. The van der Waals surface area contributed by atoms with Crippen LogP contribution in [0.4, 0.5) is 5.69 Å². The van der Waals surface area contributed by atoms with E-state index in [4.69, 9.17) is 4.74 Å². The van der Waals surface area contributed by atoms with Gasteiger partial charge in [-0.2, -0.15) is 0 Å². The van der Waals surface area contributed by atoms with Gasteiger partial charge in [-0.3, -0.25) is 14.4 Å². The molecule has 0 saturated heterocycles. The van der Waals surface area contributed by atoms with Gasteiger partial charge >= 0.3 is 5.97 Å². The van der Waals surface area contributed by atoms with Crippen LogP contribution in [0.1, 0.15) is 49.5 Å². The van der Waals surface area contributed by atoms with Gasteiger partial charge in [-0.25, -0.2) is 0 Å². The number of carbonyl (C=O) groups excluding carboxylic acids is 3. The summed E-state index contributed by atoms with van der Waals surface area (Å²) in [5, 5.41) is 5.76. The lowest BCUT2D eigenvalue weighted by Gasteiger charge is -2.13. The van der Waals surface area contributed by atoms with Gasteiger partial charge in [0.05, 0.1) is 0 Å². The van der Waals surface area contributed by atoms with Gasteiger partial charge < -0.3 is 15.4 Å². The molecule has 0 unspecified atom stereocenters. The molecule has 0 bridgehead atoms. The topological polar surface area (TPSA) is 84.5 Å². The van der Waals surface area contributed by atoms with E-state index in [0.29, 0.717) is 23.5 Å². The Bertz CT molecular complexity index is 844. The minimum absolute atomic E-state index is 0.0207. The van der Waals surface area contributed by atoms with E-state index in [9.17, 15) is 14.4 Å². The van der Waals surface area contributed by atoms with Gasteiger partial charge in [0.1, 0.15) is 5.75 Å². The molecule has 0 aromatic heterocycles. The van der Waals surface area contributed by atoms with E-state index < -0.39 is 5.97 Å². The summed E-state index contributed by atoms with van der Waals surface area (Å²) in [6.07, 6.45) is 1.62. The van der Waals surface area contributed by atoms with Crippen LogP contribution in [0.15, 0.2) is 48.5 Å². The van der Waals surface area contributed by atoms with Crippen molar-refractivity contribution in [2.45, 2.75) is 40.2 Å². The Morgan fingerprint density at radius 1 is 1.00 bits per heavy atom. The highest BCUT2D eigenvalue weighted by atomic mass is 16.5. The SMILES string of the molecule is CCC(CC)C(=O)NCc1cccc(NC(=O)c2cccc(OC(C)=O)c2)c1. The lowest BCUT2D eigenvalue weighted by Crippen LogP contribution is -2.29. The molecule has 6 heteroatoms. The summed E-state index contributed by atoms with van der Waals surface area (Å²) >= 11 is 0. The zero-order valence-electron chi connectivity index (χ0n) is 16.5. The molecular formula is C22H26N2O4. The molecule has 0 saturated carbocycles. The van der Waals surface area contributed by atoms with Crippen molar-refractivity contribution in [3.05, 3.63) is 59.7 Å². The van der Waals surface area contributed by atoms with E-state index in [2.05, 4.69) is 10.6 Å². The molecule has 2 N–H and O–H groups in total. The second kappa shape index (κ2) is 10.3. The second-order valence-electron chi connectivity index (χ2n) is 6.51. The van der Waals surface area contributed by atoms with Crippen LogP contribution in [0.5, 0.6) is 5.75 Å². The largest absolute Gasteiger partial charge is 0.427 e. The summed E-state index contributed by atoms with van der Waals surface area (Å²) in [6.45, 7) is 5.71. The summed E-state index contributed by atoms with van der Waals surface area (Å²) in [5.74, 6) is -0.375. The van der Waals surface area contributed by atoms with Crippen LogP contribution in [0.2, 0.25) is 0 Å². The van der Waals surface area contributed by atoms with Gasteiger partial charge in [0.25, 0.3) is 5.91 Å². The zero-order chi connectivity index (χ0) is 20.5. The number of hydrogen-bond acceptors (Lipinski definition) is 4. The van der Waals surface area contributed by atoms with E-state index in [-0.39, 0.29) is 17.7 Å². The number of benzene rings is 2. The van der Waals surface area contributed by atoms with Gasteiger partial charge in [0.15, 0.2) is 0 Å². The maximum atomic E-state index is 12.5. The Hall–Kier alpha value is -3.15. The number of ether oxygens (including phenoxy) is 1. The van der Waals surface area contributed by atoms with E-state index in [1.165, 1.54) is 13.0 Å². The maximum Gasteiger partial charge on any atom is 0.308 e. The lowest BCUT2D eigenvalue weighted by atomic mass is 10.0. The molecule has 0 radical (unpaired) electrons. The monoisotopic (exact) mass is 382 g/mol. The Labute approximate surface area is 165 Å². The molecule has 0 atom stereocenters. The fraction of sp³-hybridized carbons (Fsp3) is 0.318. The minimum atomic E-state index is -0.444. The predicted molar refractivity (Wildman–Crippen MR) is 108 cm³/mol. The second-order valence-corrected chi connectivity index (χ2v) is 6.51. The van der Waals surface area contributed by atoms with Gasteiger partial charge in [0.2, 0.25) is 5.91 Å². The van der Waals surface area contributed by atoms with Crippen LogP contribution in [0.3, 0.4) is 0 Å². The molecule has 2 amide bonds. The molecular weight excluding hydrogens is 356 g/mol. The maximum absolute atomic E-state index is 12.5. The highest BCUT2D eigenvalue weighted by Crippen LogP contribution is 2.17. The summed E-state index contributed by atoms with van der Waals surface area (Å²) in [4.78, 5) is 35.7. The van der Waals surface area contributed by atoms with Crippen LogP contribution in [-0.2, 0) is 16.1 Å². The first-order chi connectivity index (χ1) is 13.4. The van der Waals surface area contributed by atoms with Gasteiger partial charge in [0, 0.05) is 30.6 Å². The third kappa shape index (κ3) is 6.23. The Morgan fingerprint density at radius 2 is 1.71 bits per heavy atom. The molecule has 28 heavy (non-hydrogen) atoms. The molecule has 0 fully saturated rings. The van der Waals surface area contributed by atoms with Crippen LogP contribution < -0.4 is 15.4 Å². The summed E-state index contributed by atoms with van der Waals surface area (Å²) in [6, 6.07) is 13.7. The molecule has 0 aliphatic heterocycles. The highest BCUT2D eigenvalue weighted by molar-refractivity contribution is 6.04. The van der Waals surface area contributed by atoms with Crippen LogP contribution >= 0.6 is 0 Å². The van der Waals surface area contributed by atoms with Crippen molar-refractivity contribution in [2.75, 3.05) is 5.32 Å². The van der Waals surface area contributed by atoms with Crippen molar-refractivity contribution in [1.82, 2.24) is 5.32 Å². The van der Waals surface area contributed by atoms with E-state index in [0.717, 1.165) is 18.4 Å². The first-order valence-electron chi connectivity index (χ1n) is 9.39. The molecule has 6 nitrogen and oxygen atoms in total. The minimum Gasteiger partial charge on any atom is -0.427 e. The van der Waals surface area contributed by atoms with Gasteiger partial charge in [-0.15, -0.1) is 0 Å². The molecule has 0 aliphatic rings. The smallest absolute Gasteiger partial charge is 0.308 e.